The van der Waals surface area contributed by atoms with Crippen molar-refractivity contribution in [3.63, 3.8) is 0 Å². The second kappa shape index (κ2) is 4.71. The lowest BCUT2D eigenvalue weighted by molar-refractivity contribution is 0.495. The summed E-state index contributed by atoms with van der Waals surface area (Å²) in [7, 11) is -2.72. The lowest BCUT2D eigenvalue weighted by Crippen LogP contribution is -1.95. The van der Waals surface area contributed by atoms with E-state index in [0.717, 1.165) is 18.2 Å². The molecule has 0 radical (unpaired) electrons. The first kappa shape index (κ1) is 11.2. The Morgan fingerprint density at radius 3 is 2.56 bits per heavy atom. The maximum absolute atomic E-state index is 12.4. The quantitative estimate of drug-likeness (QED) is 0.732. The van der Waals surface area contributed by atoms with Crippen LogP contribution in [0.15, 0.2) is 53.9 Å². The molecule has 0 saturated heterocycles. The van der Waals surface area contributed by atoms with Crippen LogP contribution < -0.4 is 4.52 Å². The molecule has 16 heavy (non-hydrogen) atoms. The summed E-state index contributed by atoms with van der Waals surface area (Å²) in [6.45, 7) is 1.67. The Hall–Kier alpha value is -1.27. The summed E-state index contributed by atoms with van der Waals surface area (Å²) in [4.78, 5) is 0. The minimum atomic E-state index is -2.72. The van der Waals surface area contributed by atoms with E-state index in [1.165, 1.54) is 0 Å². The third-order valence-electron chi connectivity index (χ3n) is 2.47. The van der Waals surface area contributed by atoms with Gasteiger partial charge in [-0.2, -0.15) is 0 Å². The maximum Gasteiger partial charge on any atom is 0.273 e. The number of rotatable bonds is 3. The van der Waals surface area contributed by atoms with E-state index in [2.05, 4.69) is 0 Å². The minimum absolute atomic E-state index is 0.660. The summed E-state index contributed by atoms with van der Waals surface area (Å²) in [6, 6.07) is 9.31. The molecule has 84 valence electrons. The van der Waals surface area contributed by atoms with Crippen LogP contribution in [0.4, 0.5) is 0 Å². The van der Waals surface area contributed by atoms with E-state index in [9.17, 15) is 4.57 Å². The third kappa shape index (κ3) is 2.65. The topological polar surface area (TPSA) is 26.3 Å². The number of hydrogen-bond acceptors (Lipinski definition) is 2. The van der Waals surface area contributed by atoms with E-state index < -0.39 is 7.37 Å². The van der Waals surface area contributed by atoms with Gasteiger partial charge in [0.2, 0.25) is 0 Å². The van der Waals surface area contributed by atoms with Crippen LogP contribution in [0.25, 0.3) is 0 Å². The lowest BCUT2D eigenvalue weighted by atomic mass is 10.2. The summed E-state index contributed by atoms with van der Waals surface area (Å²) in [6.07, 6.45) is 7.92. The molecule has 2 nitrogen and oxygen atoms in total. The normalized spacial score (nSPS) is 18.7. The molecule has 0 fully saturated rings. The molecule has 2 rings (SSSR count). The molecule has 0 spiro atoms. The molecule has 0 aliphatic heterocycles. The zero-order valence-corrected chi connectivity index (χ0v) is 10.2. The van der Waals surface area contributed by atoms with Crippen molar-refractivity contribution < 1.29 is 9.09 Å². The van der Waals surface area contributed by atoms with Gasteiger partial charge in [-0.05, 0) is 25.0 Å². The van der Waals surface area contributed by atoms with E-state index in [1.54, 1.807) is 6.66 Å². The van der Waals surface area contributed by atoms with Crippen LogP contribution in [0.2, 0.25) is 0 Å². The molecule has 0 N–H and O–H groups in total. The molecule has 1 aliphatic rings. The predicted molar refractivity (Wildman–Crippen MR) is 67.1 cm³/mol. The van der Waals surface area contributed by atoms with Crippen molar-refractivity contribution in [2.24, 2.45) is 0 Å². The molecule has 0 saturated carbocycles. The van der Waals surface area contributed by atoms with E-state index in [4.69, 9.17) is 4.52 Å². The first-order chi connectivity index (χ1) is 7.68. The Bertz CT molecular complexity index is 460. The van der Waals surface area contributed by atoms with Gasteiger partial charge in [0, 0.05) is 12.0 Å². The largest absolute Gasteiger partial charge is 0.440 e. The standard InChI is InChI=1S/C13H15O2P/c1-16(14,13-10-6-3-7-11-13)15-12-8-4-2-5-9-12/h2,4-6,8-11H,3,7H2,1H3. The average Bonchev–Trinajstić information content (AvgIpc) is 2.31. The Kier molecular flexibility index (Phi) is 3.31. The van der Waals surface area contributed by atoms with Gasteiger partial charge < -0.3 is 4.52 Å². The van der Waals surface area contributed by atoms with E-state index in [1.807, 2.05) is 48.6 Å². The molecule has 0 amide bonds. The van der Waals surface area contributed by atoms with E-state index >= 15 is 0 Å². The molecule has 3 heteroatoms. The summed E-state index contributed by atoms with van der Waals surface area (Å²) >= 11 is 0. The summed E-state index contributed by atoms with van der Waals surface area (Å²) in [5, 5.41) is 0.822. The van der Waals surface area contributed by atoms with Crippen LogP contribution >= 0.6 is 7.37 Å². The van der Waals surface area contributed by atoms with Crippen molar-refractivity contribution in [3.8, 4) is 5.75 Å². The second-order valence-corrected chi connectivity index (χ2v) is 6.25. The van der Waals surface area contributed by atoms with Crippen molar-refractivity contribution in [1.82, 2.24) is 0 Å². The lowest BCUT2D eigenvalue weighted by Gasteiger charge is -2.17. The van der Waals surface area contributed by atoms with Crippen LogP contribution in [0, 0.1) is 0 Å². The number of benzene rings is 1. The molecule has 0 aromatic heterocycles. The van der Waals surface area contributed by atoms with Crippen molar-refractivity contribution in [3.05, 3.63) is 53.9 Å². The smallest absolute Gasteiger partial charge is 0.273 e. The third-order valence-corrected chi connectivity index (χ3v) is 4.30. The van der Waals surface area contributed by atoms with Gasteiger partial charge >= 0.3 is 0 Å². The predicted octanol–water partition coefficient (Wildman–Crippen LogP) is 4.21. The zero-order valence-electron chi connectivity index (χ0n) is 9.30. The van der Waals surface area contributed by atoms with Gasteiger partial charge in [0.25, 0.3) is 7.37 Å². The fourth-order valence-electron chi connectivity index (χ4n) is 1.64. The van der Waals surface area contributed by atoms with Gasteiger partial charge in [-0.25, -0.2) is 0 Å². The molecular weight excluding hydrogens is 219 g/mol. The van der Waals surface area contributed by atoms with Crippen LogP contribution in [-0.4, -0.2) is 6.66 Å². The number of allylic oxidation sites excluding steroid dienone is 4. The molecule has 0 bridgehead atoms. The van der Waals surface area contributed by atoms with Crippen molar-refractivity contribution in [2.45, 2.75) is 12.8 Å². The number of para-hydroxylation sites is 1. The van der Waals surface area contributed by atoms with Crippen molar-refractivity contribution in [1.29, 1.82) is 0 Å². The Balaban J connectivity index is 2.17. The average molecular weight is 234 g/mol. The molecule has 1 aromatic rings. The first-order valence-electron chi connectivity index (χ1n) is 5.38. The fourth-order valence-corrected chi connectivity index (χ4v) is 3.10. The SMILES string of the molecule is CP(=O)(Oc1ccccc1)C1=CCCC=C1. The Labute approximate surface area is 96.1 Å². The molecular formula is C13H15O2P. The summed E-state index contributed by atoms with van der Waals surface area (Å²) in [5.74, 6) is 0.660. The fraction of sp³-hybridized carbons (Fsp3) is 0.231. The van der Waals surface area contributed by atoms with Crippen LogP contribution in [0.5, 0.6) is 5.75 Å². The molecule has 1 aromatic carbocycles. The zero-order chi connectivity index (χ0) is 11.4. The van der Waals surface area contributed by atoms with Gasteiger partial charge in [0.05, 0.1) is 0 Å². The molecule has 1 unspecified atom stereocenters. The van der Waals surface area contributed by atoms with E-state index in [0.29, 0.717) is 5.75 Å². The van der Waals surface area contributed by atoms with Crippen molar-refractivity contribution >= 4 is 7.37 Å². The Morgan fingerprint density at radius 1 is 1.19 bits per heavy atom. The highest BCUT2D eigenvalue weighted by molar-refractivity contribution is 7.63. The molecule has 0 heterocycles. The highest BCUT2D eigenvalue weighted by Gasteiger charge is 2.22. The highest BCUT2D eigenvalue weighted by atomic mass is 31.2. The summed E-state index contributed by atoms with van der Waals surface area (Å²) < 4.78 is 18.0. The van der Waals surface area contributed by atoms with E-state index in [-0.39, 0.29) is 0 Å². The number of hydrogen-bond donors (Lipinski definition) is 0. The monoisotopic (exact) mass is 234 g/mol. The van der Waals surface area contributed by atoms with Gasteiger partial charge in [0.1, 0.15) is 5.75 Å². The van der Waals surface area contributed by atoms with Gasteiger partial charge in [-0.15, -0.1) is 0 Å². The summed E-state index contributed by atoms with van der Waals surface area (Å²) in [5.41, 5.74) is 0. The Morgan fingerprint density at radius 2 is 1.94 bits per heavy atom. The maximum atomic E-state index is 12.4. The van der Waals surface area contributed by atoms with Crippen molar-refractivity contribution in [2.75, 3.05) is 6.66 Å². The van der Waals surface area contributed by atoms with Crippen LogP contribution in [0.1, 0.15) is 12.8 Å². The van der Waals surface area contributed by atoms with Crippen LogP contribution in [-0.2, 0) is 4.57 Å². The van der Waals surface area contributed by atoms with Gasteiger partial charge in [-0.1, -0.05) is 36.4 Å². The minimum Gasteiger partial charge on any atom is -0.440 e. The van der Waals surface area contributed by atoms with Gasteiger partial charge in [-0.3, -0.25) is 4.57 Å². The van der Waals surface area contributed by atoms with Gasteiger partial charge in [0.15, 0.2) is 0 Å². The highest BCUT2D eigenvalue weighted by Crippen LogP contribution is 2.52. The van der Waals surface area contributed by atoms with Crippen LogP contribution in [0.3, 0.4) is 0 Å². The second-order valence-electron chi connectivity index (χ2n) is 3.86. The first-order valence-corrected chi connectivity index (χ1v) is 7.45. The molecule has 1 aliphatic carbocycles. The molecule has 1 atom stereocenters.